The van der Waals surface area contributed by atoms with Crippen LogP contribution in [0.25, 0.3) is 0 Å². The monoisotopic (exact) mass is 366 g/mol. The van der Waals surface area contributed by atoms with Crippen LogP contribution in [0.2, 0.25) is 0 Å². The van der Waals surface area contributed by atoms with E-state index < -0.39 is 10.0 Å². The van der Waals surface area contributed by atoms with Crippen LogP contribution in [0, 0.1) is 5.92 Å². The van der Waals surface area contributed by atoms with Crippen LogP contribution in [0.1, 0.15) is 24.8 Å². The molecule has 1 amide bonds. The molecule has 1 aromatic rings. The van der Waals surface area contributed by atoms with Crippen LogP contribution in [-0.4, -0.2) is 50.8 Å². The quantitative estimate of drug-likeness (QED) is 0.774. The number of methoxy groups -OCH3 is 1. The number of carbonyl (C=O) groups is 2. The van der Waals surface area contributed by atoms with Crippen LogP contribution in [0.3, 0.4) is 0 Å². The summed E-state index contributed by atoms with van der Waals surface area (Å²) in [5.74, 6) is -0.0537. The smallest absolute Gasteiger partial charge is 0.305 e. The van der Waals surface area contributed by atoms with Gasteiger partial charge in [-0.1, -0.05) is 12.1 Å². The molecule has 25 heavy (non-hydrogen) atoms. The number of aryl methyl sites for hydroxylation is 1. The van der Waals surface area contributed by atoms with Gasteiger partial charge in [0.1, 0.15) is 0 Å². The van der Waals surface area contributed by atoms with Crippen LogP contribution < -0.4 is 5.32 Å². The summed E-state index contributed by atoms with van der Waals surface area (Å²) in [4.78, 5) is 22.9. The van der Waals surface area contributed by atoms with Crippen molar-refractivity contribution in [3.8, 4) is 0 Å². The molecule has 0 bridgehead atoms. The van der Waals surface area contributed by atoms with E-state index >= 15 is 0 Å². The van der Waals surface area contributed by atoms with E-state index in [-0.39, 0.29) is 35.2 Å². The molecule has 1 N–H and O–H groups in total. The number of hydrogen-bond acceptors (Lipinski definition) is 5. The molecule has 2 heterocycles. The fourth-order valence-electron chi connectivity index (χ4n) is 3.43. The minimum atomic E-state index is -3.58. The standard InChI is InChI=1S/C17H22N2O5S/c1-24-17(21)7-4-12-2-5-14(6-3-12)25(22,23)19-9-8-13-10-16(20)18-15(13)11-19/h2-3,5-6,13,15H,4,7-11H2,1H3,(H,18,20)/t13-,15-/m1/s1. The van der Waals surface area contributed by atoms with Crippen molar-refractivity contribution >= 4 is 21.9 Å². The number of rotatable bonds is 5. The van der Waals surface area contributed by atoms with Gasteiger partial charge in [0.15, 0.2) is 0 Å². The van der Waals surface area contributed by atoms with Crippen molar-refractivity contribution in [3.05, 3.63) is 29.8 Å². The first-order valence-electron chi connectivity index (χ1n) is 8.35. The highest BCUT2D eigenvalue weighted by atomic mass is 32.2. The van der Waals surface area contributed by atoms with Gasteiger partial charge in [-0.3, -0.25) is 9.59 Å². The molecule has 2 atom stereocenters. The molecule has 136 valence electrons. The van der Waals surface area contributed by atoms with Crippen molar-refractivity contribution in [1.29, 1.82) is 0 Å². The third-order valence-electron chi connectivity index (χ3n) is 4.92. The van der Waals surface area contributed by atoms with Gasteiger partial charge in [0, 0.05) is 32.0 Å². The van der Waals surface area contributed by atoms with Gasteiger partial charge in [0.05, 0.1) is 12.0 Å². The zero-order valence-electron chi connectivity index (χ0n) is 14.1. The molecule has 2 aliphatic heterocycles. The summed E-state index contributed by atoms with van der Waals surface area (Å²) in [6.07, 6.45) is 1.96. The molecule has 3 rings (SSSR count). The second-order valence-electron chi connectivity index (χ2n) is 6.51. The summed E-state index contributed by atoms with van der Waals surface area (Å²) in [6.45, 7) is 0.755. The van der Waals surface area contributed by atoms with E-state index in [4.69, 9.17) is 0 Å². The summed E-state index contributed by atoms with van der Waals surface area (Å²) < 4.78 is 31.7. The lowest BCUT2D eigenvalue weighted by Gasteiger charge is -2.33. The van der Waals surface area contributed by atoms with Gasteiger partial charge in [-0.2, -0.15) is 4.31 Å². The van der Waals surface area contributed by atoms with Crippen molar-refractivity contribution < 1.29 is 22.7 Å². The van der Waals surface area contributed by atoms with Crippen molar-refractivity contribution in [2.75, 3.05) is 20.2 Å². The highest BCUT2D eigenvalue weighted by Crippen LogP contribution is 2.29. The number of nitrogens with zero attached hydrogens (tertiary/aromatic N) is 1. The summed E-state index contributed by atoms with van der Waals surface area (Å²) in [5.41, 5.74) is 0.881. The maximum Gasteiger partial charge on any atom is 0.305 e. The summed E-state index contributed by atoms with van der Waals surface area (Å²) in [6, 6.07) is 6.50. The largest absolute Gasteiger partial charge is 0.469 e. The second kappa shape index (κ2) is 7.13. The lowest BCUT2D eigenvalue weighted by molar-refractivity contribution is -0.140. The molecule has 0 aliphatic carbocycles. The number of esters is 1. The Morgan fingerprint density at radius 3 is 2.72 bits per heavy atom. The molecule has 2 saturated heterocycles. The lowest BCUT2D eigenvalue weighted by atomic mass is 9.94. The molecular weight excluding hydrogens is 344 g/mol. The first-order valence-corrected chi connectivity index (χ1v) is 9.79. The molecule has 0 aromatic heterocycles. The van der Waals surface area contributed by atoms with Crippen LogP contribution in [-0.2, 0) is 30.8 Å². The van der Waals surface area contributed by atoms with Crippen molar-refractivity contribution in [1.82, 2.24) is 9.62 Å². The van der Waals surface area contributed by atoms with Gasteiger partial charge in [-0.15, -0.1) is 0 Å². The fourth-order valence-corrected chi connectivity index (χ4v) is 4.91. The first-order chi connectivity index (χ1) is 11.9. The van der Waals surface area contributed by atoms with E-state index in [0.29, 0.717) is 32.4 Å². The molecule has 8 heteroatoms. The Labute approximate surface area is 147 Å². The Morgan fingerprint density at radius 1 is 1.32 bits per heavy atom. The predicted molar refractivity (Wildman–Crippen MR) is 90.2 cm³/mol. The molecule has 1 aromatic carbocycles. The summed E-state index contributed by atoms with van der Waals surface area (Å²) in [5, 5.41) is 2.86. The zero-order chi connectivity index (χ0) is 18.0. The summed E-state index contributed by atoms with van der Waals surface area (Å²) >= 11 is 0. The highest BCUT2D eigenvalue weighted by molar-refractivity contribution is 7.89. The van der Waals surface area contributed by atoms with Gasteiger partial charge in [-0.05, 0) is 36.5 Å². The lowest BCUT2D eigenvalue weighted by Crippen LogP contribution is -2.48. The molecule has 2 fully saturated rings. The third-order valence-corrected chi connectivity index (χ3v) is 6.80. The molecule has 0 spiro atoms. The number of sulfonamides is 1. The maximum atomic E-state index is 12.8. The van der Waals surface area contributed by atoms with Crippen LogP contribution >= 0.6 is 0 Å². The van der Waals surface area contributed by atoms with Gasteiger partial charge in [-0.25, -0.2) is 8.42 Å². The number of ether oxygens (including phenoxy) is 1. The third kappa shape index (κ3) is 3.85. The number of piperidine rings is 1. The Bertz CT molecular complexity index is 760. The SMILES string of the molecule is COC(=O)CCc1ccc(S(=O)(=O)N2CC[C@@H]3CC(=O)N[C@@H]3C2)cc1. The van der Waals surface area contributed by atoms with E-state index in [9.17, 15) is 18.0 Å². The Hall–Kier alpha value is -1.93. The van der Waals surface area contributed by atoms with Crippen molar-refractivity contribution in [2.24, 2.45) is 5.92 Å². The van der Waals surface area contributed by atoms with Crippen LogP contribution in [0.15, 0.2) is 29.2 Å². The van der Waals surface area contributed by atoms with Gasteiger partial charge in [0.25, 0.3) is 0 Å². The van der Waals surface area contributed by atoms with Crippen molar-refractivity contribution in [2.45, 2.75) is 36.6 Å². The Balaban J connectivity index is 1.68. The van der Waals surface area contributed by atoms with E-state index in [0.717, 1.165) is 5.56 Å². The maximum absolute atomic E-state index is 12.8. The molecule has 0 unspecified atom stereocenters. The van der Waals surface area contributed by atoms with Crippen LogP contribution in [0.4, 0.5) is 0 Å². The predicted octanol–water partition coefficient (Wildman–Crippen LogP) is 0.691. The molecular formula is C17H22N2O5S. The molecule has 7 nitrogen and oxygen atoms in total. The number of hydrogen-bond donors (Lipinski definition) is 1. The minimum absolute atomic E-state index is 0.00390. The fraction of sp³-hybridized carbons (Fsp3) is 0.529. The number of amides is 1. The van der Waals surface area contributed by atoms with E-state index in [1.165, 1.54) is 11.4 Å². The van der Waals surface area contributed by atoms with E-state index in [1.807, 2.05) is 0 Å². The van der Waals surface area contributed by atoms with Crippen LogP contribution in [0.5, 0.6) is 0 Å². The number of fused-ring (bicyclic) bond motifs is 1. The number of carbonyl (C=O) groups excluding carboxylic acids is 2. The van der Waals surface area contributed by atoms with E-state index in [1.54, 1.807) is 24.3 Å². The first kappa shape index (κ1) is 17.9. The molecule has 2 aliphatic rings. The zero-order valence-corrected chi connectivity index (χ0v) is 14.9. The topological polar surface area (TPSA) is 92.8 Å². The highest BCUT2D eigenvalue weighted by Gasteiger charge is 2.40. The number of nitrogens with one attached hydrogen (secondary N) is 1. The molecule has 0 saturated carbocycles. The summed E-state index contributed by atoms with van der Waals surface area (Å²) in [7, 11) is -2.24. The van der Waals surface area contributed by atoms with E-state index in [2.05, 4.69) is 10.1 Å². The minimum Gasteiger partial charge on any atom is -0.469 e. The number of benzene rings is 1. The van der Waals surface area contributed by atoms with Gasteiger partial charge in [0.2, 0.25) is 15.9 Å². The average molecular weight is 366 g/mol. The Morgan fingerprint density at radius 2 is 2.04 bits per heavy atom. The van der Waals surface area contributed by atoms with Crippen molar-refractivity contribution in [3.63, 3.8) is 0 Å². The van der Waals surface area contributed by atoms with Gasteiger partial charge >= 0.3 is 5.97 Å². The molecule has 0 radical (unpaired) electrons. The second-order valence-corrected chi connectivity index (χ2v) is 8.45. The van der Waals surface area contributed by atoms with Gasteiger partial charge < -0.3 is 10.1 Å². The normalized spacial score (nSPS) is 23.8. The average Bonchev–Trinajstić information content (AvgIpc) is 2.99. The Kier molecular flexibility index (Phi) is 5.10.